The molecule has 3 aromatic rings. The lowest BCUT2D eigenvalue weighted by atomic mass is 9.92. The number of aryl methyl sites for hydroxylation is 1. The van der Waals surface area contributed by atoms with Crippen LogP contribution in [0.3, 0.4) is 0 Å². The van der Waals surface area contributed by atoms with Crippen LogP contribution in [0.4, 0.5) is 10.3 Å². The monoisotopic (exact) mass is 535 g/mol. The van der Waals surface area contributed by atoms with Crippen molar-refractivity contribution in [2.24, 2.45) is 11.7 Å². The molecule has 0 bridgehead atoms. The number of aromatic nitrogens is 2. The fourth-order valence-corrected chi connectivity index (χ4v) is 5.40. The van der Waals surface area contributed by atoms with Crippen LogP contribution in [0.15, 0.2) is 47.1 Å². The molecule has 0 saturated carbocycles. The van der Waals surface area contributed by atoms with Gasteiger partial charge in [-0.05, 0) is 75.6 Å². The topological polar surface area (TPSA) is 115 Å². The van der Waals surface area contributed by atoms with E-state index in [0.29, 0.717) is 37.7 Å². The number of hydrogen-bond acceptors (Lipinski definition) is 7. The third-order valence-corrected chi connectivity index (χ3v) is 7.60. The Bertz CT molecular complexity index is 1300. The Morgan fingerprint density at radius 2 is 1.87 bits per heavy atom. The van der Waals surface area contributed by atoms with E-state index in [-0.39, 0.29) is 5.56 Å². The zero-order valence-electron chi connectivity index (χ0n) is 22.1. The number of hydrogen-bond donors (Lipinski definition) is 1. The van der Waals surface area contributed by atoms with Crippen LogP contribution in [0, 0.1) is 18.7 Å². The van der Waals surface area contributed by atoms with Crippen molar-refractivity contribution in [2.75, 3.05) is 31.1 Å². The zero-order valence-corrected chi connectivity index (χ0v) is 22.1. The molecule has 10 heteroatoms. The molecule has 2 N–H and O–H groups in total. The van der Waals surface area contributed by atoms with Crippen molar-refractivity contribution < 1.29 is 23.1 Å². The minimum Gasteiger partial charge on any atom is -0.493 e. The number of nitrogens with two attached hydrogens (primary N) is 1. The second-order valence-corrected chi connectivity index (χ2v) is 10.3. The number of likely N-dealkylation sites (tertiary alicyclic amines) is 1. The summed E-state index contributed by atoms with van der Waals surface area (Å²) in [5.41, 5.74) is 6.18. The number of rotatable bonds is 9. The fraction of sp³-hybridized carbons (Fsp3) is 0.448. The number of carbonyl (C=O) groups excluding carboxylic acids is 2. The van der Waals surface area contributed by atoms with Crippen LogP contribution in [0.5, 0.6) is 5.75 Å². The molecule has 1 aromatic carbocycles. The van der Waals surface area contributed by atoms with Gasteiger partial charge in [0.25, 0.3) is 5.91 Å². The normalized spacial score (nSPS) is 17.9. The number of piperidine rings is 1. The second kappa shape index (κ2) is 11.8. The van der Waals surface area contributed by atoms with E-state index in [0.717, 1.165) is 61.8 Å². The Morgan fingerprint density at radius 1 is 1.10 bits per heavy atom. The first-order valence-electron chi connectivity index (χ1n) is 13.6. The summed E-state index contributed by atoms with van der Waals surface area (Å²) in [7, 11) is 0. The van der Waals surface area contributed by atoms with Gasteiger partial charge in [0.15, 0.2) is 0 Å². The SMILES string of the molecule is Cc1ccc(-c2cnc(N3CCC(CCCOc4ccc(C(=O)N5CCC[C@H]5C(N)=O)c(F)c4)CC3)nc2)o1. The molecule has 2 aliphatic heterocycles. The van der Waals surface area contributed by atoms with Gasteiger partial charge in [-0.15, -0.1) is 0 Å². The number of benzene rings is 1. The first-order chi connectivity index (χ1) is 18.9. The zero-order chi connectivity index (χ0) is 27.4. The Kier molecular flexibility index (Phi) is 8.09. The Labute approximate surface area is 227 Å². The van der Waals surface area contributed by atoms with E-state index < -0.39 is 23.7 Å². The molecule has 0 radical (unpaired) electrons. The summed E-state index contributed by atoms with van der Waals surface area (Å²) in [4.78, 5) is 37.0. The maximum absolute atomic E-state index is 14.7. The number of primary amides is 1. The van der Waals surface area contributed by atoms with Gasteiger partial charge in [-0.3, -0.25) is 9.59 Å². The highest BCUT2D eigenvalue weighted by atomic mass is 19.1. The smallest absolute Gasteiger partial charge is 0.257 e. The summed E-state index contributed by atoms with van der Waals surface area (Å²) in [6.45, 7) is 4.58. The van der Waals surface area contributed by atoms with Crippen molar-refractivity contribution in [3.8, 4) is 17.1 Å². The third kappa shape index (κ3) is 6.21. The van der Waals surface area contributed by atoms with Gasteiger partial charge in [-0.2, -0.15) is 0 Å². The summed E-state index contributed by atoms with van der Waals surface area (Å²) < 4.78 is 26.1. The lowest BCUT2D eigenvalue weighted by Crippen LogP contribution is -2.43. The minimum absolute atomic E-state index is 0.0723. The molecule has 0 unspecified atom stereocenters. The van der Waals surface area contributed by atoms with Crippen LogP contribution in [0.1, 0.15) is 54.6 Å². The van der Waals surface area contributed by atoms with Gasteiger partial charge in [0.2, 0.25) is 11.9 Å². The van der Waals surface area contributed by atoms with Crippen molar-refractivity contribution in [1.29, 1.82) is 0 Å². The van der Waals surface area contributed by atoms with Crippen LogP contribution in [-0.4, -0.2) is 59.0 Å². The van der Waals surface area contributed by atoms with Gasteiger partial charge in [0, 0.05) is 38.1 Å². The lowest BCUT2D eigenvalue weighted by Gasteiger charge is -2.32. The highest BCUT2D eigenvalue weighted by molar-refractivity contribution is 5.98. The standard InChI is InChI=1S/C29H34FN5O4/c1-19-6-9-26(39-19)21-17-32-29(33-18-21)34-13-10-20(11-14-34)4-3-15-38-22-7-8-23(24(30)16-22)28(37)35-12-2-5-25(35)27(31)36/h6-9,16-18,20,25H,2-5,10-15H2,1H3,(H2,31,36)/t25-/m0/s1. The predicted octanol–water partition coefficient (Wildman–Crippen LogP) is 4.35. The molecule has 9 nitrogen and oxygen atoms in total. The molecule has 2 amide bonds. The molecule has 2 saturated heterocycles. The molecule has 1 atom stereocenters. The highest BCUT2D eigenvalue weighted by Crippen LogP contribution is 2.27. The Morgan fingerprint density at radius 3 is 2.54 bits per heavy atom. The largest absolute Gasteiger partial charge is 0.493 e. The Balaban J connectivity index is 1.04. The fourth-order valence-electron chi connectivity index (χ4n) is 5.40. The molecule has 39 heavy (non-hydrogen) atoms. The average molecular weight is 536 g/mol. The van der Waals surface area contributed by atoms with Gasteiger partial charge >= 0.3 is 0 Å². The molecule has 2 aromatic heterocycles. The maximum atomic E-state index is 14.7. The van der Waals surface area contributed by atoms with Crippen molar-refractivity contribution in [2.45, 2.75) is 51.5 Å². The van der Waals surface area contributed by atoms with Crippen LogP contribution in [0.25, 0.3) is 11.3 Å². The van der Waals surface area contributed by atoms with Crippen molar-refractivity contribution in [3.05, 3.63) is 59.9 Å². The number of ether oxygens (including phenoxy) is 1. The number of furan rings is 1. The van der Waals surface area contributed by atoms with Crippen LogP contribution in [0.2, 0.25) is 0 Å². The van der Waals surface area contributed by atoms with E-state index in [9.17, 15) is 14.0 Å². The van der Waals surface area contributed by atoms with E-state index in [4.69, 9.17) is 14.9 Å². The van der Waals surface area contributed by atoms with Gasteiger partial charge in [0.1, 0.15) is 29.1 Å². The summed E-state index contributed by atoms with van der Waals surface area (Å²) in [6, 6.07) is 7.43. The van der Waals surface area contributed by atoms with Crippen LogP contribution >= 0.6 is 0 Å². The molecule has 2 fully saturated rings. The molecule has 0 aliphatic carbocycles. The summed E-state index contributed by atoms with van der Waals surface area (Å²) in [6.07, 6.45) is 8.78. The summed E-state index contributed by atoms with van der Waals surface area (Å²) in [5, 5.41) is 0. The lowest BCUT2D eigenvalue weighted by molar-refractivity contribution is -0.121. The van der Waals surface area contributed by atoms with Crippen molar-refractivity contribution >= 4 is 17.8 Å². The molecule has 206 valence electrons. The molecule has 4 heterocycles. The van der Waals surface area contributed by atoms with E-state index in [1.807, 2.05) is 19.1 Å². The Hall–Kier alpha value is -3.95. The molecular formula is C29H34FN5O4. The molecular weight excluding hydrogens is 501 g/mol. The molecule has 0 spiro atoms. The highest BCUT2D eigenvalue weighted by Gasteiger charge is 2.34. The van der Waals surface area contributed by atoms with Gasteiger partial charge < -0.3 is 24.7 Å². The van der Waals surface area contributed by atoms with Crippen molar-refractivity contribution in [3.63, 3.8) is 0 Å². The number of amides is 2. The van der Waals surface area contributed by atoms with Gasteiger partial charge in [0.05, 0.1) is 17.7 Å². The van der Waals surface area contributed by atoms with Crippen molar-refractivity contribution in [1.82, 2.24) is 14.9 Å². The average Bonchev–Trinajstić information content (AvgIpc) is 3.61. The number of halogens is 1. The van der Waals surface area contributed by atoms with Gasteiger partial charge in [-0.25, -0.2) is 14.4 Å². The third-order valence-electron chi connectivity index (χ3n) is 7.60. The van der Waals surface area contributed by atoms with E-state index in [2.05, 4.69) is 14.9 Å². The number of anilines is 1. The number of nitrogens with zero attached hydrogens (tertiary/aromatic N) is 4. The summed E-state index contributed by atoms with van der Waals surface area (Å²) >= 11 is 0. The minimum atomic E-state index is -0.676. The van der Waals surface area contributed by atoms with Crippen LogP contribution < -0.4 is 15.4 Å². The molecule has 2 aliphatic rings. The maximum Gasteiger partial charge on any atom is 0.257 e. The van der Waals surface area contributed by atoms with E-state index in [1.165, 1.54) is 17.0 Å². The number of carbonyl (C=O) groups is 2. The van der Waals surface area contributed by atoms with Gasteiger partial charge in [-0.1, -0.05) is 0 Å². The summed E-state index contributed by atoms with van der Waals surface area (Å²) in [5.74, 6) is 1.61. The first-order valence-corrected chi connectivity index (χ1v) is 13.6. The van der Waals surface area contributed by atoms with Crippen LogP contribution in [-0.2, 0) is 4.79 Å². The van der Waals surface area contributed by atoms with E-state index >= 15 is 0 Å². The molecule has 5 rings (SSSR count). The van der Waals surface area contributed by atoms with E-state index in [1.54, 1.807) is 18.5 Å². The predicted molar refractivity (Wildman–Crippen MR) is 144 cm³/mol. The second-order valence-electron chi connectivity index (χ2n) is 10.3. The quantitative estimate of drug-likeness (QED) is 0.405. The first kappa shape index (κ1) is 26.6.